The van der Waals surface area contributed by atoms with Crippen LogP contribution in [-0.4, -0.2) is 24.1 Å². The fourth-order valence-corrected chi connectivity index (χ4v) is 1.98. The fourth-order valence-electron chi connectivity index (χ4n) is 1.98. The minimum atomic E-state index is 0.503. The van der Waals surface area contributed by atoms with E-state index < -0.39 is 0 Å². The lowest BCUT2D eigenvalue weighted by Crippen LogP contribution is -2.09. The Bertz CT molecular complexity index is 667. The molecule has 3 aromatic rings. The molecule has 3 heterocycles. The third-order valence-electron chi connectivity index (χ3n) is 2.89. The van der Waals surface area contributed by atoms with Gasteiger partial charge in [0.2, 0.25) is 5.95 Å². The number of hydrogen-bond acceptors (Lipinski definition) is 4. The topological polar surface area (TPSA) is 74.5 Å². The van der Waals surface area contributed by atoms with Crippen LogP contribution in [0.3, 0.4) is 0 Å². The van der Waals surface area contributed by atoms with Crippen molar-refractivity contribution in [3.8, 4) is 0 Å². The van der Waals surface area contributed by atoms with E-state index in [2.05, 4.69) is 15.0 Å². The highest BCUT2D eigenvalue weighted by Gasteiger charge is 2.09. The predicted octanol–water partition coefficient (Wildman–Crippen LogP) is 1.22. The summed E-state index contributed by atoms with van der Waals surface area (Å²) in [6, 6.07) is 1.99. The molecule has 0 spiro atoms. The second-order valence-electron chi connectivity index (χ2n) is 4.28. The van der Waals surface area contributed by atoms with Crippen LogP contribution in [0.4, 0.5) is 5.95 Å². The van der Waals surface area contributed by atoms with Crippen LogP contribution in [0.1, 0.15) is 5.56 Å². The molecular weight excluding hydrogens is 228 g/mol. The first-order chi connectivity index (χ1) is 8.74. The van der Waals surface area contributed by atoms with Crippen molar-refractivity contribution in [1.82, 2.24) is 24.1 Å². The van der Waals surface area contributed by atoms with Crippen molar-refractivity contribution in [2.24, 2.45) is 0 Å². The van der Waals surface area contributed by atoms with Crippen molar-refractivity contribution < 1.29 is 0 Å². The molecular formula is C12H14N6. The number of aromatic nitrogens is 5. The highest BCUT2D eigenvalue weighted by molar-refractivity contribution is 5.74. The number of nitrogens with two attached hydrogens (primary N) is 1. The Balaban J connectivity index is 1.93. The van der Waals surface area contributed by atoms with Gasteiger partial charge >= 0.3 is 0 Å². The van der Waals surface area contributed by atoms with E-state index in [1.54, 1.807) is 12.5 Å². The van der Waals surface area contributed by atoms with Crippen molar-refractivity contribution in [3.05, 3.63) is 36.5 Å². The van der Waals surface area contributed by atoms with E-state index in [1.807, 2.05) is 34.5 Å². The van der Waals surface area contributed by atoms with E-state index in [-0.39, 0.29) is 0 Å². The maximum Gasteiger partial charge on any atom is 0.202 e. The highest BCUT2D eigenvalue weighted by Crippen LogP contribution is 2.16. The van der Waals surface area contributed by atoms with Gasteiger partial charge in [-0.05, 0) is 18.6 Å². The van der Waals surface area contributed by atoms with Gasteiger partial charge in [0.1, 0.15) is 5.52 Å². The summed E-state index contributed by atoms with van der Waals surface area (Å²) in [5.74, 6) is 0.503. The van der Waals surface area contributed by atoms with Crippen molar-refractivity contribution in [2.45, 2.75) is 20.0 Å². The number of fused-ring (bicyclic) bond motifs is 1. The van der Waals surface area contributed by atoms with Gasteiger partial charge < -0.3 is 10.3 Å². The summed E-state index contributed by atoms with van der Waals surface area (Å²) in [5.41, 5.74) is 8.69. The molecule has 0 radical (unpaired) electrons. The van der Waals surface area contributed by atoms with Crippen molar-refractivity contribution >= 4 is 17.1 Å². The lowest BCUT2D eigenvalue weighted by molar-refractivity contribution is 0.591. The Labute approximate surface area is 104 Å². The molecule has 92 valence electrons. The minimum Gasteiger partial charge on any atom is -0.369 e. The number of hydrogen-bond donors (Lipinski definition) is 1. The zero-order valence-corrected chi connectivity index (χ0v) is 10.1. The molecule has 0 bridgehead atoms. The van der Waals surface area contributed by atoms with Gasteiger partial charge in [-0.2, -0.15) is 0 Å². The average molecular weight is 242 g/mol. The third-order valence-corrected chi connectivity index (χ3v) is 2.89. The summed E-state index contributed by atoms with van der Waals surface area (Å²) in [6.45, 7) is 3.52. The van der Waals surface area contributed by atoms with Gasteiger partial charge in [0.05, 0.1) is 6.33 Å². The predicted molar refractivity (Wildman–Crippen MR) is 68.9 cm³/mol. The molecule has 2 N–H and O–H groups in total. The Morgan fingerprint density at radius 2 is 2.22 bits per heavy atom. The van der Waals surface area contributed by atoms with Crippen molar-refractivity contribution in [3.63, 3.8) is 0 Å². The molecule has 0 aliphatic rings. The normalized spacial score (nSPS) is 11.2. The largest absolute Gasteiger partial charge is 0.369 e. The monoisotopic (exact) mass is 242 g/mol. The van der Waals surface area contributed by atoms with Crippen LogP contribution in [0.25, 0.3) is 11.2 Å². The zero-order valence-electron chi connectivity index (χ0n) is 10.1. The van der Waals surface area contributed by atoms with Crippen molar-refractivity contribution in [2.75, 3.05) is 5.73 Å². The molecule has 6 nitrogen and oxygen atoms in total. The standard InChI is InChI=1S/C12H14N6/c1-9-6-10-11(15-7-9)18(12(13)16-10)5-4-17-3-2-14-8-17/h2-3,6-8H,4-5H2,1H3,(H2,13,16). The first-order valence-corrected chi connectivity index (χ1v) is 5.78. The van der Waals surface area contributed by atoms with E-state index in [0.717, 1.165) is 29.8 Å². The molecule has 6 heteroatoms. The number of nitrogens with zero attached hydrogens (tertiary/aromatic N) is 5. The maximum absolute atomic E-state index is 5.93. The molecule has 0 aliphatic carbocycles. The molecule has 0 atom stereocenters. The zero-order chi connectivity index (χ0) is 12.5. The number of pyridine rings is 1. The molecule has 0 fully saturated rings. The molecule has 0 amide bonds. The summed E-state index contributed by atoms with van der Waals surface area (Å²) in [6.07, 6.45) is 7.30. The van der Waals surface area contributed by atoms with Gasteiger partial charge in [-0.3, -0.25) is 4.57 Å². The summed E-state index contributed by atoms with van der Waals surface area (Å²) < 4.78 is 3.92. The van der Waals surface area contributed by atoms with Gasteiger partial charge in [-0.25, -0.2) is 15.0 Å². The van der Waals surface area contributed by atoms with E-state index in [1.165, 1.54) is 0 Å². The third kappa shape index (κ3) is 1.81. The molecule has 0 aromatic carbocycles. The SMILES string of the molecule is Cc1cnc2c(c1)nc(N)n2CCn1ccnc1. The highest BCUT2D eigenvalue weighted by atomic mass is 15.2. The fraction of sp³-hybridized carbons (Fsp3) is 0.250. The van der Waals surface area contributed by atoms with Crippen molar-refractivity contribution in [1.29, 1.82) is 0 Å². The van der Waals surface area contributed by atoms with Crippen LogP contribution in [0.2, 0.25) is 0 Å². The summed E-state index contributed by atoms with van der Waals surface area (Å²) in [7, 11) is 0. The summed E-state index contributed by atoms with van der Waals surface area (Å²) in [5, 5.41) is 0. The molecule has 0 unspecified atom stereocenters. The Kier molecular flexibility index (Phi) is 2.47. The number of anilines is 1. The Morgan fingerprint density at radius 3 is 3.00 bits per heavy atom. The summed E-state index contributed by atoms with van der Waals surface area (Å²) in [4.78, 5) is 12.7. The van der Waals surface area contributed by atoms with Gasteiger partial charge in [0.15, 0.2) is 5.65 Å². The van der Waals surface area contributed by atoms with Crippen LogP contribution in [0, 0.1) is 6.92 Å². The van der Waals surface area contributed by atoms with E-state index >= 15 is 0 Å². The molecule has 3 aromatic heterocycles. The molecule has 3 rings (SSSR count). The van der Waals surface area contributed by atoms with Crippen LogP contribution in [0.5, 0.6) is 0 Å². The van der Waals surface area contributed by atoms with E-state index in [9.17, 15) is 0 Å². The van der Waals surface area contributed by atoms with Gasteiger partial charge in [0, 0.05) is 31.7 Å². The first-order valence-electron chi connectivity index (χ1n) is 5.78. The van der Waals surface area contributed by atoms with Crippen LogP contribution < -0.4 is 5.73 Å². The molecule has 18 heavy (non-hydrogen) atoms. The lowest BCUT2D eigenvalue weighted by atomic mass is 10.3. The minimum absolute atomic E-state index is 0.503. The lowest BCUT2D eigenvalue weighted by Gasteiger charge is -2.06. The summed E-state index contributed by atoms with van der Waals surface area (Å²) >= 11 is 0. The van der Waals surface area contributed by atoms with E-state index in [0.29, 0.717) is 5.95 Å². The molecule has 0 saturated heterocycles. The van der Waals surface area contributed by atoms with Crippen LogP contribution in [-0.2, 0) is 13.1 Å². The van der Waals surface area contributed by atoms with Gasteiger partial charge in [0.25, 0.3) is 0 Å². The Hall–Kier alpha value is -2.37. The number of nitrogen functional groups attached to an aromatic ring is 1. The number of imidazole rings is 2. The van der Waals surface area contributed by atoms with Crippen LogP contribution in [0.15, 0.2) is 31.0 Å². The second-order valence-corrected chi connectivity index (χ2v) is 4.28. The maximum atomic E-state index is 5.93. The van der Waals surface area contributed by atoms with Crippen LogP contribution >= 0.6 is 0 Å². The smallest absolute Gasteiger partial charge is 0.202 e. The quantitative estimate of drug-likeness (QED) is 0.749. The Morgan fingerprint density at radius 1 is 1.33 bits per heavy atom. The number of aryl methyl sites for hydroxylation is 3. The van der Waals surface area contributed by atoms with Gasteiger partial charge in [-0.1, -0.05) is 0 Å². The van der Waals surface area contributed by atoms with E-state index in [4.69, 9.17) is 5.73 Å². The second kappa shape index (κ2) is 4.14. The molecule has 0 saturated carbocycles. The first kappa shape index (κ1) is 10.8. The van der Waals surface area contributed by atoms with Gasteiger partial charge in [-0.15, -0.1) is 0 Å². The number of rotatable bonds is 3. The molecule has 0 aliphatic heterocycles. The average Bonchev–Trinajstić information content (AvgIpc) is 2.93.